The molecule has 0 amide bonds. The molecule has 0 aliphatic rings. The van der Waals surface area contributed by atoms with Gasteiger partial charge in [0.25, 0.3) is 0 Å². The molecule has 0 aromatic heterocycles. The molecule has 0 unspecified atom stereocenters. The van der Waals surface area contributed by atoms with Gasteiger partial charge in [0.1, 0.15) is 5.82 Å². The molecule has 0 atom stereocenters. The Morgan fingerprint density at radius 2 is 1.74 bits per heavy atom. The summed E-state index contributed by atoms with van der Waals surface area (Å²) in [5.74, 6) is -0.573. The Hall–Kier alpha value is -1.67. The van der Waals surface area contributed by atoms with Gasteiger partial charge in [-0.15, -0.1) is 0 Å². The Labute approximate surface area is 117 Å². The standard InChI is InChI=1S/C16H14ClFO/c1-2-11-3-5-12(6-4-11)9-16(19)13-7-8-15(18)14(17)10-13/h3-8,10H,2,9H2,1H3. The number of hydrogen-bond donors (Lipinski definition) is 0. The van der Waals surface area contributed by atoms with Gasteiger partial charge in [-0.25, -0.2) is 4.39 Å². The zero-order valence-electron chi connectivity index (χ0n) is 10.6. The van der Waals surface area contributed by atoms with Gasteiger partial charge < -0.3 is 0 Å². The maximum atomic E-state index is 13.0. The van der Waals surface area contributed by atoms with Crippen molar-refractivity contribution in [1.29, 1.82) is 0 Å². The summed E-state index contributed by atoms with van der Waals surface area (Å²) in [5, 5.41) is -0.0211. The first-order chi connectivity index (χ1) is 9.10. The van der Waals surface area contributed by atoms with Crippen LogP contribution in [0.2, 0.25) is 5.02 Å². The first-order valence-corrected chi connectivity index (χ1v) is 6.54. The Kier molecular flexibility index (Phi) is 4.33. The number of carbonyl (C=O) groups excluding carboxylic acids is 1. The lowest BCUT2D eigenvalue weighted by Gasteiger charge is -2.04. The van der Waals surface area contributed by atoms with Crippen molar-refractivity contribution in [3.05, 3.63) is 70.0 Å². The number of aryl methyl sites for hydroxylation is 1. The van der Waals surface area contributed by atoms with Crippen LogP contribution in [0, 0.1) is 5.82 Å². The number of benzene rings is 2. The third-order valence-corrected chi connectivity index (χ3v) is 3.33. The molecular weight excluding hydrogens is 263 g/mol. The normalized spacial score (nSPS) is 10.5. The van der Waals surface area contributed by atoms with E-state index >= 15 is 0 Å². The van der Waals surface area contributed by atoms with E-state index in [9.17, 15) is 9.18 Å². The SMILES string of the molecule is CCc1ccc(CC(=O)c2ccc(F)c(Cl)c2)cc1. The number of halogens is 2. The average Bonchev–Trinajstić information content (AvgIpc) is 2.42. The van der Waals surface area contributed by atoms with Crippen LogP contribution in [0.3, 0.4) is 0 Å². The van der Waals surface area contributed by atoms with E-state index < -0.39 is 5.82 Å². The van der Waals surface area contributed by atoms with E-state index in [1.165, 1.54) is 23.8 Å². The summed E-state index contributed by atoms with van der Waals surface area (Å²) in [4.78, 5) is 12.1. The van der Waals surface area contributed by atoms with Crippen molar-refractivity contribution < 1.29 is 9.18 Å². The lowest BCUT2D eigenvalue weighted by Crippen LogP contribution is -2.04. The first kappa shape index (κ1) is 13.8. The van der Waals surface area contributed by atoms with Crippen LogP contribution in [0.15, 0.2) is 42.5 Å². The van der Waals surface area contributed by atoms with Crippen molar-refractivity contribution in [1.82, 2.24) is 0 Å². The molecule has 0 heterocycles. The zero-order chi connectivity index (χ0) is 13.8. The van der Waals surface area contributed by atoms with E-state index in [1.54, 1.807) is 0 Å². The molecule has 2 aromatic rings. The van der Waals surface area contributed by atoms with E-state index in [1.807, 2.05) is 24.3 Å². The second-order valence-corrected chi connectivity index (χ2v) is 4.81. The highest BCUT2D eigenvalue weighted by Gasteiger charge is 2.09. The zero-order valence-corrected chi connectivity index (χ0v) is 11.4. The molecule has 0 saturated heterocycles. The van der Waals surface area contributed by atoms with E-state index in [4.69, 9.17) is 11.6 Å². The molecule has 19 heavy (non-hydrogen) atoms. The second-order valence-electron chi connectivity index (χ2n) is 4.40. The second kappa shape index (κ2) is 5.98. The predicted molar refractivity (Wildman–Crippen MR) is 75.3 cm³/mol. The van der Waals surface area contributed by atoms with Crippen molar-refractivity contribution in [2.24, 2.45) is 0 Å². The molecule has 0 N–H and O–H groups in total. The number of Topliss-reactive ketones (excluding diaryl/α,β-unsaturated/α-hetero) is 1. The first-order valence-electron chi connectivity index (χ1n) is 6.16. The van der Waals surface area contributed by atoms with Crippen molar-refractivity contribution in [2.45, 2.75) is 19.8 Å². The monoisotopic (exact) mass is 276 g/mol. The van der Waals surface area contributed by atoms with Gasteiger partial charge in [0, 0.05) is 12.0 Å². The summed E-state index contributed by atoms with van der Waals surface area (Å²) < 4.78 is 13.0. The van der Waals surface area contributed by atoms with Crippen LogP contribution in [0.25, 0.3) is 0 Å². The molecular formula is C16H14ClFO. The van der Waals surface area contributed by atoms with Crippen molar-refractivity contribution in [3.8, 4) is 0 Å². The molecule has 1 nitrogen and oxygen atoms in total. The van der Waals surface area contributed by atoms with Gasteiger partial charge >= 0.3 is 0 Å². The molecule has 0 aliphatic carbocycles. The fraction of sp³-hybridized carbons (Fsp3) is 0.188. The third kappa shape index (κ3) is 3.42. The molecule has 0 saturated carbocycles. The Morgan fingerprint density at radius 1 is 1.11 bits per heavy atom. The number of ketones is 1. The van der Waals surface area contributed by atoms with Crippen molar-refractivity contribution in [3.63, 3.8) is 0 Å². The molecule has 2 aromatic carbocycles. The van der Waals surface area contributed by atoms with Crippen LogP contribution in [0.5, 0.6) is 0 Å². The van der Waals surface area contributed by atoms with Crippen molar-refractivity contribution >= 4 is 17.4 Å². The van der Waals surface area contributed by atoms with Crippen LogP contribution >= 0.6 is 11.6 Å². The van der Waals surface area contributed by atoms with E-state index in [-0.39, 0.29) is 10.8 Å². The van der Waals surface area contributed by atoms with Crippen LogP contribution < -0.4 is 0 Å². The fourth-order valence-corrected chi connectivity index (χ4v) is 2.03. The maximum Gasteiger partial charge on any atom is 0.167 e. The van der Waals surface area contributed by atoms with Gasteiger partial charge in [0.2, 0.25) is 0 Å². The summed E-state index contributed by atoms with van der Waals surface area (Å²) in [6, 6.07) is 12.0. The summed E-state index contributed by atoms with van der Waals surface area (Å²) in [7, 11) is 0. The lowest BCUT2D eigenvalue weighted by molar-refractivity contribution is 0.0993. The van der Waals surface area contributed by atoms with Gasteiger partial charge in [0.15, 0.2) is 5.78 Å². The van der Waals surface area contributed by atoms with E-state index in [0.29, 0.717) is 12.0 Å². The Balaban J connectivity index is 2.13. The minimum Gasteiger partial charge on any atom is -0.294 e. The third-order valence-electron chi connectivity index (χ3n) is 3.04. The number of hydrogen-bond acceptors (Lipinski definition) is 1. The van der Waals surface area contributed by atoms with Gasteiger partial charge in [-0.05, 0) is 35.7 Å². The van der Waals surface area contributed by atoms with Crippen LogP contribution in [-0.4, -0.2) is 5.78 Å². The van der Waals surface area contributed by atoms with Gasteiger partial charge in [-0.1, -0.05) is 42.8 Å². The minimum absolute atomic E-state index is 0.0211. The maximum absolute atomic E-state index is 13.0. The smallest absolute Gasteiger partial charge is 0.167 e. The highest BCUT2D eigenvalue weighted by Crippen LogP contribution is 2.17. The van der Waals surface area contributed by atoms with Gasteiger partial charge in [-0.3, -0.25) is 4.79 Å². The molecule has 0 aliphatic heterocycles. The Morgan fingerprint density at radius 3 is 2.32 bits per heavy atom. The molecule has 3 heteroatoms. The fourth-order valence-electron chi connectivity index (χ4n) is 1.85. The molecule has 0 bridgehead atoms. The number of rotatable bonds is 4. The average molecular weight is 277 g/mol. The molecule has 0 radical (unpaired) electrons. The predicted octanol–water partition coefficient (Wildman–Crippen LogP) is 4.47. The van der Waals surface area contributed by atoms with Gasteiger partial charge in [-0.2, -0.15) is 0 Å². The van der Waals surface area contributed by atoms with Crippen LogP contribution in [0.1, 0.15) is 28.4 Å². The summed E-state index contributed by atoms with van der Waals surface area (Å²) >= 11 is 5.67. The highest BCUT2D eigenvalue weighted by atomic mass is 35.5. The number of carbonyl (C=O) groups is 1. The van der Waals surface area contributed by atoms with Crippen LogP contribution in [0.4, 0.5) is 4.39 Å². The summed E-state index contributed by atoms with van der Waals surface area (Å²) in [6.07, 6.45) is 1.27. The quantitative estimate of drug-likeness (QED) is 0.753. The summed E-state index contributed by atoms with van der Waals surface area (Å²) in [5.41, 5.74) is 2.62. The lowest BCUT2D eigenvalue weighted by atomic mass is 10.0. The highest BCUT2D eigenvalue weighted by molar-refractivity contribution is 6.31. The minimum atomic E-state index is -0.509. The Bertz CT molecular complexity index is 590. The molecule has 98 valence electrons. The van der Waals surface area contributed by atoms with Crippen molar-refractivity contribution in [2.75, 3.05) is 0 Å². The molecule has 2 rings (SSSR count). The largest absolute Gasteiger partial charge is 0.294 e. The van der Waals surface area contributed by atoms with Crippen LogP contribution in [-0.2, 0) is 12.8 Å². The molecule has 0 fully saturated rings. The topological polar surface area (TPSA) is 17.1 Å². The van der Waals surface area contributed by atoms with E-state index in [0.717, 1.165) is 12.0 Å². The molecule has 0 spiro atoms. The summed E-state index contributed by atoms with van der Waals surface area (Å²) in [6.45, 7) is 2.08. The van der Waals surface area contributed by atoms with Gasteiger partial charge in [0.05, 0.1) is 5.02 Å². The van der Waals surface area contributed by atoms with E-state index in [2.05, 4.69) is 6.92 Å².